The first kappa shape index (κ1) is 12.8. The lowest BCUT2D eigenvalue weighted by Crippen LogP contribution is -2.03. The molecule has 84 valence electrons. The maximum absolute atomic E-state index is 12.5. The van der Waals surface area contributed by atoms with Gasteiger partial charge >= 0.3 is 0 Å². The maximum Gasteiger partial charge on any atom is 0.265 e. The van der Waals surface area contributed by atoms with Crippen LogP contribution in [0, 0.1) is 6.92 Å². The fourth-order valence-electron chi connectivity index (χ4n) is 1.05. The Morgan fingerprint density at radius 1 is 1.53 bits per heavy atom. The van der Waals surface area contributed by atoms with Crippen molar-refractivity contribution >= 4 is 35.7 Å². The quantitative estimate of drug-likeness (QED) is 0.621. The van der Waals surface area contributed by atoms with Gasteiger partial charge in [0.1, 0.15) is 9.50 Å². The smallest absolute Gasteiger partial charge is 0.245 e. The molecule has 0 aromatic carbocycles. The Balaban J connectivity index is 3.62. The fraction of sp³-hybridized carbons (Fsp3) is 0.286. The summed E-state index contributed by atoms with van der Waals surface area (Å²) in [5, 5.41) is 0. The van der Waals surface area contributed by atoms with E-state index in [1.165, 1.54) is 6.92 Å². The molecule has 1 aromatic heterocycles. The average molecular weight is 321 g/mol. The Labute approximate surface area is 98.0 Å². The molecule has 1 aromatic rings. The summed E-state index contributed by atoms with van der Waals surface area (Å²) in [5.41, 5.74) is -0.370. The Bertz CT molecular complexity index is 492. The molecule has 0 spiro atoms. The minimum absolute atomic E-state index is 0.201. The highest BCUT2D eigenvalue weighted by Crippen LogP contribution is 2.33. The number of hydrogen-bond donors (Lipinski definition) is 0. The Hall–Kier alpha value is -0.270. The van der Waals surface area contributed by atoms with Crippen molar-refractivity contribution in [3.63, 3.8) is 0 Å². The van der Waals surface area contributed by atoms with Crippen LogP contribution in [0.2, 0.25) is 0 Å². The van der Waals surface area contributed by atoms with Crippen molar-refractivity contribution in [1.29, 1.82) is 0 Å². The molecule has 0 atom stereocenters. The molecule has 15 heavy (non-hydrogen) atoms. The van der Waals surface area contributed by atoms with Crippen LogP contribution in [0.3, 0.4) is 0 Å². The number of halogens is 4. The zero-order valence-corrected chi connectivity index (χ0v) is 10.5. The first-order valence-corrected chi connectivity index (χ1v) is 6.73. The molecule has 0 saturated heterocycles. The summed E-state index contributed by atoms with van der Waals surface area (Å²) in [6.07, 6.45) is -2.92. The zero-order valence-electron chi connectivity index (χ0n) is 7.34. The van der Waals surface area contributed by atoms with Gasteiger partial charge in [-0.05, 0) is 28.9 Å². The van der Waals surface area contributed by atoms with Gasteiger partial charge in [-0.3, -0.25) is 0 Å². The number of rotatable bonds is 2. The molecular formula is C7H5BrClF2NO2S. The summed E-state index contributed by atoms with van der Waals surface area (Å²) in [7, 11) is 0.791. The van der Waals surface area contributed by atoms with E-state index >= 15 is 0 Å². The van der Waals surface area contributed by atoms with Crippen LogP contribution in [0.25, 0.3) is 0 Å². The van der Waals surface area contributed by atoms with E-state index in [0.717, 1.165) is 6.07 Å². The predicted molar refractivity (Wildman–Crippen MR) is 54.7 cm³/mol. The Kier molecular flexibility index (Phi) is 3.67. The molecule has 0 saturated carbocycles. The van der Waals surface area contributed by atoms with Crippen LogP contribution in [0.1, 0.15) is 17.7 Å². The summed E-state index contributed by atoms with van der Waals surface area (Å²) in [6, 6.07) is 0.991. The first-order chi connectivity index (χ1) is 6.73. The second-order valence-electron chi connectivity index (χ2n) is 2.71. The van der Waals surface area contributed by atoms with Crippen molar-refractivity contribution in [2.24, 2.45) is 0 Å². The topological polar surface area (TPSA) is 47.0 Å². The molecule has 0 N–H and O–H groups in total. The summed E-state index contributed by atoms with van der Waals surface area (Å²) in [4.78, 5) is 3.03. The number of aryl methyl sites for hydroxylation is 1. The van der Waals surface area contributed by atoms with Gasteiger partial charge in [0, 0.05) is 21.9 Å². The van der Waals surface area contributed by atoms with Gasteiger partial charge in [0.2, 0.25) is 0 Å². The molecule has 1 heterocycles. The van der Waals surface area contributed by atoms with Crippen LogP contribution in [0.5, 0.6) is 0 Å². The molecule has 0 unspecified atom stereocenters. The summed E-state index contributed by atoms with van der Waals surface area (Å²) in [6.45, 7) is 1.47. The lowest BCUT2D eigenvalue weighted by atomic mass is 10.2. The van der Waals surface area contributed by atoms with E-state index in [9.17, 15) is 17.2 Å². The van der Waals surface area contributed by atoms with E-state index in [2.05, 4.69) is 20.9 Å². The lowest BCUT2D eigenvalue weighted by molar-refractivity contribution is 0.147. The Morgan fingerprint density at radius 3 is 2.47 bits per heavy atom. The van der Waals surface area contributed by atoms with Crippen molar-refractivity contribution < 1.29 is 17.2 Å². The van der Waals surface area contributed by atoms with Gasteiger partial charge in [-0.1, -0.05) is 0 Å². The van der Waals surface area contributed by atoms with E-state index in [0.29, 0.717) is 0 Å². The zero-order chi connectivity index (χ0) is 11.8. The van der Waals surface area contributed by atoms with Crippen molar-refractivity contribution in [1.82, 2.24) is 4.98 Å². The number of alkyl halides is 2. The van der Waals surface area contributed by atoms with Crippen LogP contribution in [0.4, 0.5) is 8.78 Å². The van der Waals surface area contributed by atoms with E-state index in [-0.39, 0.29) is 10.3 Å². The largest absolute Gasteiger partial charge is 0.265 e. The highest BCUT2D eigenvalue weighted by molar-refractivity contribution is 9.10. The molecule has 0 radical (unpaired) electrons. The van der Waals surface area contributed by atoms with Crippen molar-refractivity contribution in [2.75, 3.05) is 0 Å². The lowest BCUT2D eigenvalue weighted by Gasteiger charge is -2.08. The minimum Gasteiger partial charge on any atom is -0.245 e. The summed E-state index contributed by atoms with van der Waals surface area (Å²) in [5.74, 6) is 0. The molecule has 0 bridgehead atoms. The molecule has 0 aliphatic carbocycles. The van der Waals surface area contributed by atoms with Gasteiger partial charge < -0.3 is 0 Å². The van der Waals surface area contributed by atoms with E-state index in [4.69, 9.17) is 10.7 Å². The van der Waals surface area contributed by atoms with E-state index in [1.807, 2.05) is 0 Å². The third kappa shape index (κ3) is 2.85. The van der Waals surface area contributed by atoms with Crippen LogP contribution in [0.15, 0.2) is 15.6 Å². The first-order valence-electron chi connectivity index (χ1n) is 3.63. The highest BCUT2D eigenvalue weighted by atomic mass is 79.9. The highest BCUT2D eigenvalue weighted by Gasteiger charge is 2.26. The molecule has 0 amide bonds. The van der Waals surface area contributed by atoms with Gasteiger partial charge in [-0.15, -0.1) is 0 Å². The molecule has 0 aliphatic rings. The minimum atomic E-state index is -4.24. The number of aromatic nitrogens is 1. The van der Waals surface area contributed by atoms with Gasteiger partial charge in [0.25, 0.3) is 15.5 Å². The Morgan fingerprint density at radius 2 is 2.07 bits per heavy atom. The number of hydrogen-bond acceptors (Lipinski definition) is 3. The standard InChI is InChI=1S/C7H5BrClF2NO2S/c1-3-2-4(7(10)11)5(6(8)12-3)15(9,13)14/h2,7H,1H3. The van der Waals surface area contributed by atoms with Crippen LogP contribution >= 0.6 is 26.6 Å². The molecule has 0 aliphatic heterocycles. The molecular weight excluding hydrogens is 316 g/mol. The number of pyridine rings is 1. The third-order valence-electron chi connectivity index (χ3n) is 1.57. The van der Waals surface area contributed by atoms with Crippen molar-refractivity contribution in [2.45, 2.75) is 18.2 Å². The van der Waals surface area contributed by atoms with Gasteiger partial charge in [-0.2, -0.15) is 0 Å². The summed E-state index contributed by atoms with van der Waals surface area (Å²) >= 11 is 2.79. The van der Waals surface area contributed by atoms with Crippen LogP contribution in [-0.2, 0) is 9.05 Å². The predicted octanol–water partition coefficient (Wildman–Crippen LogP) is 3.02. The van der Waals surface area contributed by atoms with E-state index in [1.54, 1.807) is 0 Å². The second-order valence-corrected chi connectivity index (χ2v) is 5.97. The van der Waals surface area contributed by atoms with Gasteiger partial charge in [0.15, 0.2) is 0 Å². The molecule has 0 fully saturated rings. The maximum atomic E-state index is 12.5. The van der Waals surface area contributed by atoms with Crippen LogP contribution < -0.4 is 0 Å². The monoisotopic (exact) mass is 319 g/mol. The average Bonchev–Trinajstić information content (AvgIpc) is 1.99. The van der Waals surface area contributed by atoms with Crippen molar-refractivity contribution in [3.05, 3.63) is 21.9 Å². The fourth-order valence-corrected chi connectivity index (χ4v) is 3.64. The van der Waals surface area contributed by atoms with E-state index < -0.39 is 25.9 Å². The number of nitrogens with zero attached hydrogens (tertiary/aromatic N) is 1. The molecule has 8 heteroatoms. The van der Waals surface area contributed by atoms with Crippen LogP contribution in [-0.4, -0.2) is 13.4 Å². The summed E-state index contributed by atoms with van der Waals surface area (Å²) < 4.78 is 47.0. The second kappa shape index (κ2) is 4.31. The van der Waals surface area contributed by atoms with Gasteiger partial charge in [-0.25, -0.2) is 22.2 Å². The molecule has 3 nitrogen and oxygen atoms in total. The SMILES string of the molecule is Cc1cc(C(F)F)c(S(=O)(=O)Cl)c(Br)n1. The molecule has 1 rings (SSSR count). The normalized spacial score (nSPS) is 12.1. The third-order valence-corrected chi connectivity index (χ3v) is 3.78. The van der Waals surface area contributed by atoms with Crippen molar-refractivity contribution in [3.8, 4) is 0 Å². The van der Waals surface area contributed by atoms with Gasteiger partial charge in [0.05, 0.1) is 0 Å².